The van der Waals surface area contributed by atoms with Crippen LogP contribution < -0.4 is 0 Å². The van der Waals surface area contributed by atoms with E-state index < -0.39 is 5.97 Å². The zero-order valence-electron chi connectivity index (χ0n) is 10.5. The molecule has 0 atom stereocenters. The standard InChI is InChI=1S/C12H10N4O3S/c1-6-2-7(19-9(6)12(17)18)3-20-11-8-10(14-4-13-8)15-5-16-11/h2,4-5H,3H2,1H3,(H,17,18)(H,13,14,15,16). The molecule has 3 aromatic rings. The van der Waals surface area contributed by atoms with Crippen LogP contribution >= 0.6 is 11.8 Å². The van der Waals surface area contributed by atoms with Crippen molar-refractivity contribution in [3.8, 4) is 0 Å². The summed E-state index contributed by atoms with van der Waals surface area (Å²) in [5.74, 6) is 0.00194. The minimum atomic E-state index is -1.06. The number of H-pyrrole nitrogens is 1. The number of thioether (sulfide) groups is 1. The van der Waals surface area contributed by atoms with Gasteiger partial charge in [-0.3, -0.25) is 0 Å². The Morgan fingerprint density at radius 1 is 1.45 bits per heavy atom. The van der Waals surface area contributed by atoms with Crippen molar-refractivity contribution in [1.82, 2.24) is 19.9 Å². The van der Waals surface area contributed by atoms with E-state index in [0.29, 0.717) is 22.7 Å². The first-order chi connectivity index (χ1) is 9.65. The molecule has 3 heterocycles. The number of aryl methyl sites for hydroxylation is 1. The summed E-state index contributed by atoms with van der Waals surface area (Å²) in [5, 5.41) is 9.69. The number of carboxylic acids is 1. The van der Waals surface area contributed by atoms with Crippen LogP contribution in [-0.2, 0) is 5.75 Å². The quantitative estimate of drug-likeness (QED) is 0.560. The van der Waals surface area contributed by atoms with Gasteiger partial charge in [0.05, 0.1) is 12.1 Å². The van der Waals surface area contributed by atoms with E-state index in [1.165, 1.54) is 18.1 Å². The highest BCUT2D eigenvalue weighted by atomic mass is 32.2. The molecule has 0 bridgehead atoms. The molecule has 0 saturated heterocycles. The molecule has 0 spiro atoms. The van der Waals surface area contributed by atoms with Gasteiger partial charge in [-0.15, -0.1) is 0 Å². The van der Waals surface area contributed by atoms with Gasteiger partial charge in [-0.1, -0.05) is 11.8 Å². The lowest BCUT2D eigenvalue weighted by atomic mass is 10.3. The van der Waals surface area contributed by atoms with E-state index in [0.717, 1.165) is 10.5 Å². The summed E-state index contributed by atoms with van der Waals surface area (Å²) in [6.07, 6.45) is 3.00. The Kier molecular flexibility index (Phi) is 3.15. The zero-order valence-corrected chi connectivity index (χ0v) is 11.3. The van der Waals surface area contributed by atoms with Gasteiger partial charge in [0.25, 0.3) is 0 Å². The van der Waals surface area contributed by atoms with Crippen molar-refractivity contribution >= 4 is 28.9 Å². The van der Waals surface area contributed by atoms with Gasteiger partial charge in [-0.2, -0.15) is 0 Å². The zero-order chi connectivity index (χ0) is 14.1. The van der Waals surface area contributed by atoms with Gasteiger partial charge in [0.1, 0.15) is 22.6 Å². The normalized spacial score (nSPS) is 11.1. The monoisotopic (exact) mass is 290 g/mol. The second-order valence-corrected chi connectivity index (χ2v) is 5.06. The SMILES string of the molecule is Cc1cc(CSc2ncnc3nc[nH]c23)oc1C(=O)O. The number of nitrogens with zero attached hydrogens (tertiary/aromatic N) is 3. The maximum Gasteiger partial charge on any atom is 0.372 e. The van der Waals surface area contributed by atoms with Crippen LogP contribution in [0.4, 0.5) is 0 Å². The van der Waals surface area contributed by atoms with Crippen LogP contribution in [0.15, 0.2) is 28.2 Å². The number of aromatic carboxylic acids is 1. The van der Waals surface area contributed by atoms with Crippen molar-refractivity contribution in [3.05, 3.63) is 35.8 Å². The second-order valence-electron chi connectivity index (χ2n) is 4.10. The van der Waals surface area contributed by atoms with Crippen molar-refractivity contribution in [2.24, 2.45) is 0 Å². The Bertz CT molecular complexity index is 780. The third-order valence-electron chi connectivity index (χ3n) is 2.70. The average molecular weight is 290 g/mol. The molecule has 0 aliphatic heterocycles. The predicted molar refractivity (Wildman–Crippen MR) is 71.6 cm³/mol. The summed E-state index contributed by atoms with van der Waals surface area (Å²) in [5.41, 5.74) is 1.98. The molecule has 0 aliphatic rings. The molecule has 7 nitrogen and oxygen atoms in total. The Labute approximate surface area is 117 Å². The van der Waals surface area contributed by atoms with Gasteiger partial charge in [0.2, 0.25) is 5.76 Å². The summed E-state index contributed by atoms with van der Waals surface area (Å²) in [6.45, 7) is 1.71. The van der Waals surface area contributed by atoms with E-state index in [4.69, 9.17) is 9.52 Å². The van der Waals surface area contributed by atoms with Gasteiger partial charge >= 0.3 is 5.97 Å². The molecule has 2 N–H and O–H groups in total. The van der Waals surface area contributed by atoms with E-state index in [-0.39, 0.29) is 5.76 Å². The second kappa shape index (κ2) is 4.97. The largest absolute Gasteiger partial charge is 0.475 e. The lowest BCUT2D eigenvalue weighted by Gasteiger charge is -1.99. The molecule has 0 radical (unpaired) electrons. The van der Waals surface area contributed by atoms with E-state index in [1.807, 2.05) is 0 Å². The van der Waals surface area contributed by atoms with Gasteiger partial charge in [0.15, 0.2) is 5.65 Å². The molecule has 3 rings (SSSR count). The number of aromatic nitrogens is 4. The minimum Gasteiger partial charge on any atom is -0.475 e. The fraction of sp³-hybridized carbons (Fsp3) is 0.167. The lowest BCUT2D eigenvalue weighted by molar-refractivity contribution is 0.0659. The Morgan fingerprint density at radius 2 is 2.30 bits per heavy atom. The Morgan fingerprint density at radius 3 is 3.05 bits per heavy atom. The van der Waals surface area contributed by atoms with Crippen molar-refractivity contribution in [2.75, 3.05) is 0 Å². The molecule has 8 heteroatoms. The molecule has 3 aromatic heterocycles. The fourth-order valence-electron chi connectivity index (χ4n) is 1.82. The first kappa shape index (κ1) is 12.7. The first-order valence-corrected chi connectivity index (χ1v) is 6.73. The lowest BCUT2D eigenvalue weighted by Crippen LogP contribution is -1.94. The summed E-state index contributed by atoms with van der Waals surface area (Å²) in [6, 6.07) is 1.72. The first-order valence-electron chi connectivity index (χ1n) is 5.74. The highest BCUT2D eigenvalue weighted by Gasteiger charge is 2.15. The number of furan rings is 1. The third-order valence-corrected chi connectivity index (χ3v) is 3.71. The maximum atomic E-state index is 10.9. The van der Waals surface area contributed by atoms with Crippen LogP contribution in [0, 0.1) is 6.92 Å². The van der Waals surface area contributed by atoms with Crippen molar-refractivity contribution < 1.29 is 14.3 Å². The van der Waals surface area contributed by atoms with Gasteiger partial charge in [-0.25, -0.2) is 19.7 Å². The topological polar surface area (TPSA) is 105 Å². The van der Waals surface area contributed by atoms with E-state index in [2.05, 4.69) is 19.9 Å². The molecule has 0 aliphatic carbocycles. The highest BCUT2D eigenvalue weighted by Crippen LogP contribution is 2.27. The fourth-order valence-corrected chi connectivity index (χ4v) is 2.66. The number of hydrogen-bond donors (Lipinski definition) is 2. The number of carboxylic acid groups (broad SMARTS) is 1. The molecule has 0 unspecified atom stereocenters. The number of rotatable bonds is 4. The minimum absolute atomic E-state index is 0.0185. The van der Waals surface area contributed by atoms with Crippen molar-refractivity contribution in [1.29, 1.82) is 0 Å². The highest BCUT2D eigenvalue weighted by molar-refractivity contribution is 7.98. The van der Waals surface area contributed by atoms with Crippen LogP contribution in [0.5, 0.6) is 0 Å². The Balaban J connectivity index is 1.81. The number of hydrogen-bond acceptors (Lipinski definition) is 6. The average Bonchev–Trinajstić information content (AvgIpc) is 3.02. The van der Waals surface area contributed by atoms with Crippen molar-refractivity contribution in [3.63, 3.8) is 0 Å². The van der Waals surface area contributed by atoms with Crippen LogP contribution in [0.3, 0.4) is 0 Å². The Hall–Kier alpha value is -2.35. The van der Waals surface area contributed by atoms with Crippen molar-refractivity contribution in [2.45, 2.75) is 17.7 Å². The van der Waals surface area contributed by atoms with Crippen LogP contribution in [-0.4, -0.2) is 31.0 Å². The van der Waals surface area contributed by atoms with Gasteiger partial charge < -0.3 is 14.5 Å². The number of imidazole rings is 1. The van der Waals surface area contributed by atoms with Gasteiger partial charge in [0, 0.05) is 5.56 Å². The van der Waals surface area contributed by atoms with Crippen LogP contribution in [0.25, 0.3) is 11.2 Å². The molecule has 20 heavy (non-hydrogen) atoms. The smallest absolute Gasteiger partial charge is 0.372 e. The molecule has 0 amide bonds. The number of fused-ring (bicyclic) bond motifs is 1. The molecule has 102 valence electrons. The summed E-state index contributed by atoms with van der Waals surface area (Å²) >= 11 is 1.43. The van der Waals surface area contributed by atoms with E-state index >= 15 is 0 Å². The summed E-state index contributed by atoms with van der Waals surface area (Å²) in [4.78, 5) is 26.2. The van der Waals surface area contributed by atoms with Crippen LogP contribution in [0.2, 0.25) is 0 Å². The predicted octanol–water partition coefficient (Wildman–Crippen LogP) is 2.24. The molecular formula is C12H10N4O3S. The summed E-state index contributed by atoms with van der Waals surface area (Å²) in [7, 11) is 0. The molecular weight excluding hydrogens is 280 g/mol. The molecule has 0 fully saturated rings. The number of aromatic amines is 1. The summed E-state index contributed by atoms with van der Waals surface area (Å²) < 4.78 is 5.30. The third kappa shape index (κ3) is 2.25. The molecule has 0 aromatic carbocycles. The van der Waals surface area contributed by atoms with Gasteiger partial charge in [-0.05, 0) is 13.0 Å². The molecule has 0 saturated carbocycles. The van der Waals surface area contributed by atoms with E-state index in [1.54, 1.807) is 19.3 Å². The van der Waals surface area contributed by atoms with Crippen LogP contribution in [0.1, 0.15) is 21.9 Å². The number of nitrogens with one attached hydrogen (secondary N) is 1. The van der Waals surface area contributed by atoms with E-state index in [9.17, 15) is 4.79 Å². The maximum absolute atomic E-state index is 10.9. The number of carbonyl (C=O) groups is 1.